The van der Waals surface area contributed by atoms with E-state index in [4.69, 9.17) is 10.2 Å². The van der Waals surface area contributed by atoms with Crippen LogP contribution in [0.3, 0.4) is 0 Å². The van der Waals surface area contributed by atoms with Crippen LogP contribution in [0.5, 0.6) is 11.5 Å². The Kier molecular flexibility index (Phi) is 13.9. The molecule has 2 N–H and O–H groups in total. The number of phenols is 2. The van der Waals surface area contributed by atoms with Gasteiger partial charge in [0.2, 0.25) is 0 Å². The van der Waals surface area contributed by atoms with Gasteiger partial charge in [0.25, 0.3) is 0 Å². The van der Waals surface area contributed by atoms with Crippen LogP contribution in [0.2, 0.25) is 13.1 Å². The van der Waals surface area contributed by atoms with Crippen molar-refractivity contribution in [3.05, 3.63) is 146 Å². The van der Waals surface area contributed by atoms with Crippen LogP contribution in [-0.2, 0) is 23.3 Å². The molecule has 6 aromatic carbocycles. The van der Waals surface area contributed by atoms with Crippen molar-refractivity contribution in [1.82, 2.24) is 0 Å². The molecule has 0 aliphatic heterocycles. The number of hydrogen-bond donors (Lipinski definition) is 2. The molecule has 0 aromatic heterocycles. The normalized spacial score (nSPS) is 9.22. The first-order chi connectivity index (χ1) is 17.5. The SMILES string of the molecule is C[Si](C)=[Zr+2].Oc1ccccc1.Oc1ccccc1.c1ccc2[cH-]ccc2c1.c1ccc2[cH-]ccc2c1. The number of rotatable bonds is 0. The summed E-state index contributed by atoms with van der Waals surface area (Å²) >= 11 is 1.74. The Morgan fingerprint density at radius 1 is 0.500 bits per heavy atom. The van der Waals surface area contributed by atoms with Crippen LogP contribution in [0.15, 0.2) is 146 Å². The van der Waals surface area contributed by atoms with Crippen molar-refractivity contribution in [2.45, 2.75) is 13.1 Å². The Bertz CT molecular complexity index is 1220. The summed E-state index contributed by atoms with van der Waals surface area (Å²) in [5, 5.41) is 22.6. The fourth-order valence-corrected chi connectivity index (χ4v) is 3.00. The van der Waals surface area contributed by atoms with E-state index in [2.05, 4.69) is 98.0 Å². The van der Waals surface area contributed by atoms with E-state index in [1.165, 1.54) is 21.5 Å². The minimum atomic E-state index is 0.210. The van der Waals surface area contributed by atoms with Crippen LogP contribution < -0.4 is 0 Å². The molecule has 0 spiro atoms. The number of benzene rings is 4. The third-order valence-electron chi connectivity index (χ3n) is 4.61. The maximum Gasteiger partial charge on any atom is 0.115 e. The molecule has 4 heteroatoms. The molecule has 0 heterocycles. The number of para-hydroxylation sites is 2. The van der Waals surface area contributed by atoms with Crippen molar-refractivity contribution < 1.29 is 33.5 Å². The average Bonchev–Trinajstić information content (AvgIpc) is 3.56. The van der Waals surface area contributed by atoms with Gasteiger partial charge in [-0.15, -0.1) is 59.3 Å². The summed E-state index contributed by atoms with van der Waals surface area (Å²) in [6.45, 7) is 4.62. The molecule has 0 aliphatic rings. The molecule has 0 amide bonds. The molecular formula is C32H32O2SiZr. The van der Waals surface area contributed by atoms with Gasteiger partial charge in [0, 0.05) is 0 Å². The third kappa shape index (κ3) is 12.5. The topological polar surface area (TPSA) is 40.5 Å². The monoisotopic (exact) mass is 566 g/mol. The Morgan fingerprint density at radius 3 is 1.08 bits per heavy atom. The van der Waals surface area contributed by atoms with Crippen LogP contribution in [-0.4, -0.2) is 15.6 Å². The third-order valence-corrected chi connectivity index (χ3v) is 4.61. The molecule has 0 radical (unpaired) electrons. The minimum Gasteiger partial charge on any atom is -0.508 e. The van der Waals surface area contributed by atoms with Gasteiger partial charge in [-0.25, -0.2) is 0 Å². The summed E-state index contributed by atoms with van der Waals surface area (Å²) in [5.41, 5.74) is 0.210. The van der Waals surface area contributed by atoms with Crippen molar-refractivity contribution in [3.63, 3.8) is 0 Å². The molecule has 0 saturated carbocycles. The van der Waals surface area contributed by atoms with Gasteiger partial charge in [0.15, 0.2) is 0 Å². The summed E-state index contributed by atoms with van der Waals surface area (Å²) in [4.78, 5) is 0. The standard InChI is InChI=1S/2C9H7.2C6H6O.C2H6Si.Zr/c2*1-2-5-9-7-3-6-8(9)4-1;2*7-6-4-2-1-3-5-6;1-3-2;/h2*1-7H;2*1-5,7H;1-2H3;/q2*-1;;;;+2. The predicted octanol–water partition coefficient (Wildman–Crippen LogP) is 8.69. The van der Waals surface area contributed by atoms with E-state index in [1.54, 1.807) is 71.9 Å². The largest absolute Gasteiger partial charge is 0.508 e. The maximum absolute atomic E-state index is 8.63. The zero-order valence-electron chi connectivity index (χ0n) is 20.8. The summed E-state index contributed by atoms with van der Waals surface area (Å²) in [6.07, 6.45) is 0. The van der Waals surface area contributed by atoms with Crippen molar-refractivity contribution in [3.8, 4) is 11.5 Å². The van der Waals surface area contributed by atoms with Gasteiger partial charge in [0.1, 0.15) is 11.5 Å². The van der Waals surface area contributed by atoms with E-state index in [0.717, 1.165) is 0 Å². The molecular weight excluding hydrogens is 536 g/mol. The smallest absolute Gasteiger partial charge is 0.115 e. The molecule has 0 atom stereocenters. The average molecular weight is 568 g/mol. The van der Waals surface area contributed by atoms with E-state index in [0.29, 0.717) is 11.5 Å². The first kappa shape index (κ1) is 29.0. The van der Waals surface area contributed by atoms with Crippen molar-refractivity contribution in [1.29, 1.82) is 0 Å². The molecule has 0 bridgehead atoms. The molecule has 36 heavy (non-hydrogen) atoms. The van der Waals surface area contributed by atoms with Gasteiger partial charge in [0.05, 0.1) is 0 Å². The number of aromatic hydroxyl groups is 2. The zero-order chi connectivity index (χ0) is 26.0. The first-order valence-corrected chi connectivity index (χ1v) is 17.8. The Balaban J connectivity index is 0.000000162. The first-order valence-electron chi connectivity index (χ1n) is 11.7. The predicted molar refractivity (Wildman–Crippen MR) is 153 cm³/mol. The Hall–Kier alpha value is -3.20. The Morgan fingerprint density at radius 2 is 0.806 bits per heavy atom. The van der Waals surface area contributed by atoms with Gasteiger partial charge in [-0.3, -0.25) is 0 Å². The molecule has 2 nitrogen and oxygen atoms in total. The molecule has 0 unspecified atom stereocenters. The van der Waals surface area contributed by atoms with Crippen molar-refractivity contribution >= 4 is 27.0 Å². The molecule has 0 aliphatic carbocycles. The molecule has 6 aromatic rings. The molecule has 6 rings (SSSR count). The van der Waals surface area contributed by atoms with Gasteiger partial charge in [-0.2, -0.15) is 35.0 Å². The Labute approximate surface area is 229 Å². The van der Waals surface area contributed by atoms with Gasteiger partial charge in [-0.1, -0.05) is 48.5 Å². The molecule has 0 saturated heterocycles. The van der Waals surface area contributed by atoms with Crippen LogP contribution in [0, 0.1) is 0 Å². The van der Waals surface area contributed by atoms with Crippen LogP contribution in [0.25, 0.3) is 21.5 Å². The minimum absolute atomic E-state index is 0.210. The fraction of sp³-hybridized carbons (Fsp3) is 0.0625. The van der Waals surface area contributed by atoms with E-state index in [-0.39, 0.29) is 5.43 Å². The van der Waals surface area contributed by atoms with Crippen LogP contribution >= 0.6 is 0 Å². The molecule has 180 valence electrons. The number of phenolic OH excluding ortho intramolecular Hbond substituents is 2. The maximum atomic E-state index is 8.63. The fourth-order valence-electron chi connectivity index (χ4n) is 3.00. The van der Waals surface area contributed by atoms with Gasteiger partial charge < -0.3 is 10.2 Å². The second-order valence-corrected chi connectivity index (χ2v) is 17.4. The summed E-state index contributed by atoms with van der Waals surface area (Å²) in [6, 6.07) is 46.8. The second-order valence-electron chi connectivity index (χ2n) is 7.98. The summed E-state index contributed by atoms with van der Waals surface area (Å²) in [7, 11) is 0. The zero-order valence-corrected chi connectivity index (χ0v) is 24.2. The van der Waals surface area contributed by atoms with E-state index >= 15 is 0 Å². The van der Waals surface area contributed by atoms with Crippen molar-refractivity contribution in [2.75, 3.05) is 0 Å². The van der Waals surface area contributed by atoms with Crippen LogP contribution in [0.4, 0.5) is 0 Å². The molecule has 0 fully saturated rings. The van der Waals surface area contributed by atoms with Gasteiger partial charge >= 0.3 is 41.9 Å². The van der Waals surface area contributed by atoms with E-state index < -0.39 is 0 Å². The van der Waals surface area contributed by atoms with Crippen molar-refractivity contribution in [2.24, 2.45) is 0 Å². The number of fused-ring (bicyclic) bond motifs is 2. The van der Waals surface area contributed by atoms with Gasteiger partial charge in [-0.05, 0) is 24.3 Å². The van der Waals surface area contributed by atoms with Crippen LogP contribution in [0.1, 0.15) is 0 Å². The summed E-state index contributed by atoms with van der Waals surface area (Å²) < 4.78 is 0. The van der Waals surface area contributed by atoms with E-state index in [9.17, 15) is 0 Å². The quantitative estimate of drug-likeness (QED) is 0.142. The van der Waals surface area contributed by atoms with E-state index in [1.807, 2.05) is 12.1 Å². The second kappa shape index (κ2) is 17.3. The number of hydrogen-bond acceptors (Lipinski definition) is 2. The summed E-state index contributed by atoms with van der Waals surface area (Å²) in [5.74, 6) is 0.644.